The van der Waals surface area contributed by atoms with Gasteiger partial charge in [0.2, 0.25) is 5.95 Å². The molecule has 2 aliphatic rings. The number of halogens is 2. The number of benzene rings is 1. The Morgan fingerprint density at radius 2 is 1.76 bits per heavy atom. The summed E-state index contributed by atoms with van der Waals surface area (Å²) >= 11 is 6.46. The van der Waals surface area contributed by atoms with Gasteiger partial charge in [-0.1, -0.05) is 17.7 Å². The number of methoxy groups -OCH3 is 1. The number of ether oxygens (including phenoxy) is 5. The van der Waals surface area contributed by atoms with Crippen LogP contribution in [0, 0.1) is 0 Å². The van der Waals surface area contributed by atoms with Crippen molar-refractivity contribution < 1.29 is 23.7 Å². The summed E-state index contributed by atoms with van der Waals surface area (Å²) in [5.74, 6) is 1.47. The standard InChI is InChI=1S/C32H43ClN10O5.ClH/c1-23(20-42-22-36-39-40-42)48-30-17-24(3-8-28(30)33)25-18-34-32(35-19-25)37-29-21-43(38-31(29)47-16-15-46-14-13-44-2)27-6-4-26(5-7-27)41-9-11-45-12-10-41;/h3,8,17-19,21-23,26-27H,4-7,9-16,20H2,1-2H3,(H,34,35,37);1H/t23-,26?,27?;/m0./s1. The average molecular weight is 720 g/mol. The van der Waals surface area contributed by atoms with Gasteiger partial charge in [-0.2, -0.15) is 0 Å². The molecule has 0 radical (unpaired) electrons. The van der Waals surface area contributed by atoms with Crippen LogP contribution in [0.25, 0.3) is 11.1 Å². The highest BCUT2D eigenvalue weighted by atomic mass is 35.5. The molecule has 0 unspecified atom stereocenters. The van der Waals surface area contributed by atoms with Crippen molar-refractivity contribution in [1.82, 2.24) is 44.9 Å². The number of aromatic nitrogens is 8. The molecule has 1 aliphatic carbocycles. The van der Waals surface area contributed by atoms with Crippen molar-refractivity contribution in [3.8, 4) is 22.8 Å². The summed E-state index contributed by atoms with van der Waals surface area (Å²) in [6.07, 6.45) is 11.2. The number of tetrazole rings is 1. The van der Waals surface area contributed by atoms with Crippen LogP contribution in [0.1, 0.15) is 38.6 Å². The Morgan fingerprint density at radius 3 is 2.49 bits per heavy atom. The van der Waals surface area contributed by atoms with E-state index in [-0.39, 0.29) is 18.5 Å². The van der Waals surface area contributed by atoms with E-state index in [0.717, 1.165) is 63.1 Å². The number of nitrogens with one attached hydrogen (secondary N) is 1. The number of morpholine rings is 1. The Kier molecular flexibility index (Phi) is 13.8. The van der Waals surface area contributed by atoms with Gasteiger partial charge in [-0.15, -0.1) is 22.6 Å². The zero-order valence-corrected chi connectivity index (χ0v) is 29.4. The molecule has 1 atom stereocenters. The van der Waals surface area contributed by atoms with Crippen molar-refractivity contribution in [3.63, 3.8) is 0 Å². The Morgan fingerprint density at radius 1 is 1.00 bits per heavy atom. The fraction of sp³-hybridized carbons (Fsp3) is 0.562. The molecule has 4 heterocycles. The number of anilines is 2. The second-order valence-corrected chi connectivity index (χ2v) is 12.3. The second-order valence-electron chi connectivity index (χ2n) is 11.9. The number of hydrogen-bond acceptors (Lipinski definition) is 13. The predicted molar refractivity (Wildman–Crippen MR) is 185 cm³/mol. The van der Waals surface area contributed by atoms with E-state index in [1.165, 1.54) is 0 Å². The lowest BCUT2D eigenvalue weighted by Crippen LogP contribution is -2.45. The summed E-state index contributed by atoms with van der Waals surface area (Å²) in [7, 11) is 1.65. The number of hydrogen-bond donors (Lipinski definition) is 1. The summed E-state index contributed by atoms with van der Waals surface area (Å²) in [5, 5.41) is 19.9. The number of nitrogens with zero attached hydrogens (tertiary/aromatic N) is 9. The third-order valence-electron chi connectivity index (χ3n) is 8.53. The molecule has 2 fully saturated rings. The van der Waals surface area contributed by atoms with Gasteiger partial charge in [0.1, 0.15) is 30.5 Å². The van der Waals surface area contributed by atoms with Crippen molar-refractivity contribution >= 4 is 35.6 Å². The van der Waals surface area contributed by atoms with Gasteiger partial charge in [0.25, 0.3) is 5.88 Å². The van der Waals surface area contributed by atoms with Crippen LogP contribution < -0.4 is 14.8 Å². The van der Waals surface area contributed by atoms with E-state index in [0.29, 0.717) is 73.3 Å². The smallest absolute Gasteiger partial charge is 0.257 e. The highest BCUT2D eigenvalue weighted by Gasteiger charge is 2.29. The summed E-state index contributed by atoms with van der Waals surface area (Å²) in [5.41, 5.74) is 2.38. The van der Waals surface area contributed by atoms with Crippen LogP contribution in [0.3, 0.4) is 0 Å². The first-order valence-electron chi connectivity index (χ1n) is 16.4. The maximum absolute atomic E-state index is 6.46. The van der Waals surface area contributed by atoms with Gasteiger partial charge in [-0.3, -0.25) is 9.58 Å². The van der Waals surface area contributed by atoms with Crippen molar-refractivity contribution in [2.24, 2.45) is 0 Å². The first-order chi connectivity index (χ1) is 23.6. The summed E-state index contributed by atoms with van der Waals surface area (Å²) in [4.78, 5) is 11.8. The summed E-state index contributed by atoms with van der Waals surface area (Å²) < 4.78 is 32.0. The highest BCUT2D eigenvalue weighted by Crippen LogP contribution is 2.35. The molecule has 0 bridgehead atoms. The molecule has 0 amide bonds. The molecule has 1 N–H and O–H groups in total. The van der Waals surface area contributed by atoms with Crippen LogP contribution in [0.2, 0.25) is 5.02 Å². The minimum atomic E-state index is -0.210. The Balaban J connectivity index is 0.00000468. The summed E-state index contributed by atoms with van der Waals surface area (Å²) in [6, 6.07) is 6.48. The van der Waals surface area contributed by atoms with Gasteiger partial charge >= 0.3 is 0 Å². The highest BCUT2D eigenvalue weighted by molar-refractivity contribution is 6.32. The fourth-order valence-corrected chi connectivity index (χ4v) is 6.21. The maximum Gasteiger partial charge on any atom is 0.257 e. The van der Waals surface area contributed by atoms with Gasteiger partial charge in [0.05, 0.1) is 56.8 Å². The van der Waals surface area contributed by atoms with Crippen LogP contribution in [-0.2, 0) is 20.8 Å². The SMILES string of the molecule is COCCOCCOc1nn(C2CCC(N3CCOCC3)CC2)cc1Nc1ncc(-c2ccc(Cl)c(O[C@@H](C)Cn3cnnn3)c2)cn1.Cl. The van der Waals surface area contributed by atoms with Gasteiger partial charge in [-0.25, -0.2) is 14.6 Å². The molecule has 266 valence electrons. The molecule has 3 aromatic heterocycles. The quantitative estimate of drug-likeness (QED) is 0.163. The molecule has 1 aliphatic heterocycles. The van der Waals surface area contributed by atoms with Crippen LogP contribution >= 0.6 is 24.0 Å². The van der Waals surface area contributed by atoms with E-state index in [1.54, 1.807) is 36.6 Å². The van der Waals surface area contributed by atoms with Gasteiger partial charge in [0, 0.05) is 44.2 Å². The molecule has 49 heavy (non-hydrogen) atoms. The zero-order chi connectivity index (χ0) is 33.1. The van der Waals surface area contributed by atoms with E-state index >= 15 is 0 Å². The molecular formula is C32H44Cl2N10O5. The number of rotatable bonds is 16. The molecular weight excluding hydrogens is 675 g/mol. The normalized spacial score (nSPS) is 18.8. The topological polar surface area (TPSA) is 149 Å². The van der Waals surface area contributed by atoms with Crippen LogP contribution in [0.5, 0.6) is 11.6 Å². The molecule has 1 saturated carbocycles. The molecule has 17 heteroatoms. The molecule has 0 spiro atoms. The Hall–Kier alpha value is -3.60. The van der Waals surface area contributed by atoms with E-state index in [9.17, 15) is 0 Å². The molecule has 15 nitrogen and oxygen atoms in total. The Bertz CT molecular complexity index is 1550. The predicted octanol–water partition coefficient (Wildman–Crippen LogP) is 4.47. The van der Waals surface area contributed by atoms with Crippen molar-refractivity contribution in [2.75, 3.05) is 65.2 Å². The molecule has 4 aromatic rings. The van der Waals surface area contributed by atoms with Crippen molar-refractivity contribution in [1.29, 1.82) is 0 Å². The van der Waals surface area contributed by atoms with E-state index in [2.05, 4.69) is 35.7 Å². The first-order valence-corrected chi connectivity index (χ1v) is 16.8. The van der Waals surface area contributed by atoms with E-state index in [1.807, 2.05) is 29.9 Å². The van der Waals surface area contributed by atoms with Crippen LogP contribution in [0.4, 0.5) is 11.6 Å². The van der Waals surface area contributed by atoms with Gasteiger partial charge in [0.15, 0.2) is 0 Å². The molecule has 1 aromatic carbocycles. The average Bonchev–Trinajstić information content (AvgIpc) is 3.78. The van der Waals surface area contributed by atoms with Crippen molar-refractivity contribution in [3.05, 3.63) is 48.1 Å². The van der Waals surface area contributed by atoms with Gasteiger partial charge in [-0.05, 0) is 60.7 Å². The molecule has 6 rings (SSSR count). The first kappa shape index (κ1) is 36.7. The third-order valence-corrected chi connectivity index (χ3v) is 8.84. The lowest BCUT2D eigenvalue weighted by Gasteiger charge is -2.38. The van der Waals surface area contributed by atoms with E-state index < -0.39 is 0 Å². The third kappa shape index (κ3) is 10.2. The maximum atomic E-state index is 6.46. The largest absolute Gasteiger partial charge is 0.487 e. The lowest BCUT2D eigenvalue weighted by molar-refractivity contribution is 0.00501. The van der Waals surface area contributed by atoms with Gasteiger partial charge < -0.3 is 29.0 Å². The van der Waals surface area contributed by atoms with Crippen molar-refractivity contribution in [2.45, 2.75) is 57.3 Å². The summed E-state index contributed by atoms with van der Waals surface area (Å²) in [6.45, 7) is 7.92. The minimum absolute atomic E-state index is 0. The second kappa shape index (κ2) is 18.4. The molecule has 1 saturated heterocycles. The minimum Gasteiger partial charge on any atom is -0.487 e. The van der Waals surface area contributed by atoms with Crippen LogP contribution in [0.15, 0.2) is 43.1 Å². The monoisotopic (exact) mass is 718 g/mol. The van der Waals surface area contributed by atoms with Crippen LogP contribution in [-0.4, -0.2) is 117 Å². The zero-order valence-electron chi connectivity index (χ0n) is 27.8. The fourth-order valence-electron chi connectivity index (χ4n) is 6.04. The van der Waals surface area contributed by atoms with E-state index in [4.69, 9.17) is 40.4 Å². The lowest BCUT2D eigenvalue weighted by atomic mass is 9.90. The Labute approximate surface area is 297 Å².